The topological polar surface area (TPSA) is 90.9 Å². The number of pyridine rings is 1. The largest absolute Gasteiger partial charge is 0.506 e. The number of Topliss-reactive ketones (excluding diaryl/α,β-unsaturated/α-hetero) is 1. The minimum Gasteiger partial charge on any atom is -0.506 e. The molecular weight excluding hydrogens is 360 g/mol. The average Bonchev–Trinajstić information content (AvgIpc) is 3.36. The molecule has 0 radical (unpaired) electrons. The van der Waals surface area contributed by atoms with E-state index in [0.29, 0.717) is 41.8 Å². The Morgan fingerprint density at radius 2 is 2.11 bits per heavy atom. The summed E-state index contributed by atoms with van der Waals surface area (Å²) >= 11 is 1.55. The van der Waals surface area contributed by atoms with Gasteiger partial charge in [0.2, 0.25) is 0 Å². The molecule has 0 aliphatic rings. The van der Waals surface area contributed by atoms with Crippen LogP contribution in [0.2, 0.25) is 0 Å². The number of aromatic hydroxyl groups is 1. The van der Waals surface area contributed by atoms with Gasteiger partial charge in [-0.3, -0.25) is 4.79 Å². The fraction of sp³-hybridized carbons (Fsp3) is 0.150. The van der Waals surface area contributed by atoms with Crippen molar-refractivity contribution in [2.24, 2.45) is 0 Å². The molecule has 0 unspecified atom stereocenters. The number of thiophene rings is 1. The molecule has 27 heavy (non-hydrogen) atoms. The highest BCUT2D eigenvalue weighted by atomic mass is 32.1. The number of anilines is 1. The minimum absolute atomic E-state index is 0.00653. The maximum Gasteiger partial charge on any atom is 0.165 e. The summed E-state index contributed by atoms with van der Waals surface area (Å²) in [5.74, 6) is 1.55. The van der Waals surface area contributed by atoms with Crippen molar-refractivity contribution in [1.29, 1.82) is 0 Å². The van der Waals surface area contributed by atoms with Crippen LogP contribution in [-0.4, -0.2) is 32.4 Å². The number of imidazole rings is 1. The van der Waals surface area contributed by atoms with Crippen molar-refractivity contribution in [2.75, 3.05) is 11.9 Å². The van der Waals surface area contributed by atoms with E-state index in [1.54, 1.807) is 23.6 Å². The number of benzene rings is 1. The molecule has 4 rings (SSSR count). The number of fused-ring (bicyclic) bond motifs is 1. The summed E-state index contributed by atoms with van der Waals surface area (Å²) in [4.78, 5) is 25.5. The Bertz CT molecular complexity index is 1060. The van der Waals surface area contributed by atoms with E-state index < -0.39 is 0 Å². The normalized spacial score (nSPS) is 11.0. The van der Waals surface area contributed by atoms with E-state index in [0.717, 1.165) is 10.7 Å². The molecule has 0 aliphatic carbocycles. The molecule has 3 heterocycles. The molecule has 136 valence electrons. The van der Waals surface area contributed by atoms with Crippen molar-refractivity contribution in [1.82, 2.24) is 15.0 Å². The number of hydrogen-bond acceptors (Lipinski definition) is 6. The molecule has 3 aromatic heterocycles. The van der Waals surface area contributed by atoms with Gasteiger partial charge >= 0.3 is 0 Å². The molecule has 0 fully saturated rings. The smallest absolute Gasteiger partial charge is 0.165 e. The van der Waals surface area contributed by atoms with Gasteiger partial charge in [-0.2, -0.15) is 0 Å². The van der Waals surface area contributed by atoms with Crippen molar-refractivity contribution in [3.8, 4) is 16.5 Å². The van der Waals surface area contributed by atoms with Gasteiger partial charge in [-0.05, 0) is 42.1 Å². The highest BCUT2D eigenvalue weighted by molar-refractivity contribution is 7.13. The first-order valence-corrected chi connectivity index (χ1v) is 9.54. The lowest BCUT2D eigenvalue weighted by Gasteiger charge is -2.05. The van der Waals surface area contributed by atoms with E-state index >= 15 is 0 Å². The van der Waals surface area contributed by atoms with Crippen LogP contribution >= 0.6 is 11.3 Å². The summed E-state index contributed by atoms with van der Waals surface area (Å²) in [7, 11) is 0. The lowest BCUT2D eigenvalue weighted by atomic mass is 10.0. The van der Waals surface area contributed by atoms with Gasteiger partial charge in [0.1, 0.15) is 28.4 Å². The third-order valence-electron chi connectivity index (χ3n) is 4.23. The van der Waals surface area contributed by atoms with Crippen LogP contribution in [0, 0.1) is 0 Å². The van der Waals surface area contributed by atoms with Crippen molar-refractivity contribution >= 4 is 34.0 Å². The SMILES string of the molecule is O=C(CCCNc1ccccn1)c1ccc(O)c2[nH]c(-c3cccs3)nc12. The first kappa shape index (κ1) is 17.2. The Labute approximate surface area is 159 Å². The Hall–Kier alpha value is -3.19. The standard InChI is InChI=1S/C20H18N4O2S/c25-14(5-3-11-22-17-7-1-2-10-21-17)13-8-9-15(26)19-18(13)23-20(24-19)16-6-4-12-27-16/h1-2,4,6-10,12,26H,3,5,11H2,(H,21,22)(H,23,24). The number of nitrogens with zero attached hydrogens (tertiary/aromatic N) is 2. The number of aromatic nitrogens is 3. The molecule has 7 heteroatoms. The zero-order valence-electron chi connectivity index (χ0n) is 14.5. The number of ketones is 1. The number of rotatable bonds is 7. The maximum atomic E-state index is 12.7. The summed E-state index contributed by atoms with van der Waals surface area (Å²) < 4.78 is 0. The van der Waals surface area contributed by atoms with Gasteiger partial charge in [-0.1, -0.05) is 12.1 Å². The van der Waals surface area contributed by atoms with E-state index in [4.69, 9.17) is 0 Å². The predicted molar refractivity (Wildman–Crippen MR) is 107 cm³/mol. The number of phenolic OH excluding ortho intramolecular Hbond substituents is 1. The summed E-state index contributed by atoms with van der Waals surface area (Å²) in [6.45, 7) is 0.658. The molecule has 0 spiro atoms. The lowest BCUT2D eigenvalue weighted by molar-refractivity contribution is 0.0982. The Morgan fingerprint density at radius 1 is 1.19 bits per heavy atom. The Morgan fingerprint density at radius 3 is 2.89 bits per heavy atom. The van der Waals surface area contributed by atoms with Gasteiger partial charge in [-0.15, -0.1) is 11.3 Å². The van der Waals surface area contributed by atoms with Gasteiger partial charge in [0, 0.05) is 24.7 Å². The average molecular weight is 378 g/mol. The highest BCUT2D eigenvalue weighted by Gasteiger charge is 2.17. The zero-order chi connectivity index (χ0) is 18.6. The van der Waals surface area contributed by atoms with Crippen molar-refractivity contribution in [3.05, 3.63) is 59.6 Å². The molecule has 1 aromatic carbocycles. The molecule has 6 nitrogen and oxygen atoms in total. The molecule has 4 aromatic rings. The van der Waals surface area contributed by atoms with Crippen LogP contribution in [-0.2, 0) is 0 Å². The Kier molecular flexibility index (Phi) is 4.84. The number of phenols is 1. The van der Waals surface area contributed by atoms with Gasteiger partial charge in [0.05, 0.1) is 4.88 Å². The van der Waals surface area contributed by atoms with E-state index in [9.17, 15) is 9.90 Å². The fourth-order valence-corrected chi connectivity index (χ4v) is 3.57. The number of hydrogen-bond donors (Lipinski definition) is 3. The highest BCUT2D eigenvalue weighted by Crippen LogP contribution is 2.31. The maximum absolute atomic E-state index is 12.7. The van der Waals surface area contributed by atoms with Crippen LogP contribution in [0.25, 0.3) is 21.7 Å². The lowest BCUT2D eigenvalue weighted by Crippen LogP contribution is -2.07. The number of carbonyl (C=O) groups excluding carboxylic acids is 1. The van der Waals surface area contributed by atoms with Crippen molar-refractivity contribution in [3.63, 3.8) is 0 Å². The van der Waals surface area contributed by atoms with Crippen molar-refractivity contribution in [2.45, 2.75) is 12.8 Å². The van der Waals surface area contributed by atoms with Crippen LogP contribution in [0.1, 0.15) is 23.2 Å². The zero-order valence-corrected chi connectivity index (χ0v) is 15.3. The van der Waals surface area contributed by atoms with E-state index in [-0.39, 0.29) is 11.5 Å². The number of H-pyrrole nitrogens is 1. The van der Waals surface area contributed by atoms with Crippen LogP contribution in [0.3, 0.4) is 0 Å². The molecule has 0 saturated heterocycles. The van der Waals surface area contributed by atoms with Crippen LogP contribution < -0.4 is 5.32 Å². The second-order valence-electron chi connectivity index (χ2n) is 6.09. The summed E-state index contributed by atoms with van der Waals surface area (Å²) in [6.07, 6.45) is 2.80. The van der Waals surface area contributed by atoms with E-state index in [1.165, 1.54) is 6.07 Å². The van der Waals surface area contributed by atoms with E-state index in [2.05, 4.69) is 20.3 Å². The van der Waals surface area contributed by atoms with Crippen LogP contribution in [0.4, 0.5) is 5.82 Å². The quantitative estimate of drug-likeness (QED) is 0.326. The molecular formula is C20H18N4O2S. The summed E-state index contributed by atoms with van der Waals surface area (Å²) in [5, 5.41) is 15.3. The second kappa shape index (κ2) is 7.59. The third-order valence-corrected chi connectivity index (χ3v) is 5.11. The summed E-state index contributed by atoms with van der Waals surface area (Å²) in [6, 6.07) is 12.7. The Balaban J connectivity index is 1.49. The first-order valence-electron chi connectivity index (χ1n) is 8.66. The molecule has 0 aliphatic heterocycles. The van der Waals surface area contributed by atoms with E-state index in [1.807, 2.05) is 35.7 Å². The van der Waals surface area contributed by atoms with Gasteiger partial charge < -0.3 is 15.4 Å². The number of nitrogens with one attached hydrogen (secondary N) is 2. The number of carbonyl (C=O) groups is 1. The monoisotopic (exact) mass is 378 g/mol. The molecule has 0 saturated carbocycles. The first-order chi connectivity index (χ1) is 13.2. The van der Waals surface area contributed by atoms with Gasteiger partial charge in [-0.25, -0.2) is 9.97 Å². The van der Waals surface area contributed by atoms with Gasteiger partial charge in [0.25, 0.3) is 0 Å². The number of aromatic amines is 1. The van der Waals surface area contributed by atoms with Crippen LogP contribution in [0.5, 0.6) is 5.75 Å². The molecule has 0 amide bonds. The van der Waals surface area contributed by atoms with Gasteiger partial charge in [0.15, 0.2) is 5.78 Å². The minimum atomic E-state index is 0.00653. The summed E-state index contributed by atoms with van der Waals surface area (Å²) in [5.41, 5.74) is 1.54. The molecule has 0 bridgehead atoms. The van der Waals surface area contributed by atoms with Crippen molar-refractivity contribution < 1.29 is 9.90 Å². The molecule has 0 atom stereocenters. The molecule has 3 N–H and O–H groups in total. The second-order valence-corrected chi connectivity index (χ2v) is 7.03. The van der Waals surface area contributed by atoms with Crippen LogP contribution in [0.15, 0.2) is 54.0 Å². The predicted octanol–water partition coefficient (Wildman–Crippen LogP) is 4.47. The third kappa shape index (κ3) is 3.68. The fourth-order valence-electron chi connectivity index (χ4n) is 2.90.